The highest BCUT2D eigenvalue weighted by Gasteiger charge is 2.57. The summed E-state index contributed by atoms with van der Waals surface area (Å²) >= 11 is 0. The molecule has 2 atom stereocenters. The van der Waals surface area contributed by atoms with E-state index in [0.717, 1.165) is 32.1 Å². The summed E-state index contributed by atoms with van der Waals surface area (Å²) in [7, 11) is 0. The van der Waals surface area contributed by atoms with Crippen molar-refractivity contribution >= 4 is 24.1 Å². The van der Waals surface area contributed by atoms with E-state index in [1.54, 1.807) is 10.9 Å². The van der Waals surface area contributed by atoms with Gasteiger partial charge in [-0.25, -0.2) is 9.48 Å². The minimum Gasteiger partial charge on any atom is -0.477 e. The Labute approximate surface area is 231 Å². The SMILES string of the molecule is CC(C)COc1c(C(=O)NC2C3CC4CC2CC(OC(N)=O)(C4)C3)cnn1C=CC(C)(C)NC(=O)CC(C)C. The van der Waals surface area contributed by atoms with Gasteiger partial charge in [0, 0.05) is 18.7 Å². The van der Waals surface area contributed by atoms with Crippen molar-refractivity contribution in [2.45, 2.75) is 97.2 Å². The first-order valence-electron chi connectivity index (χ1n) is 14.3. The number of aromatic nitrogens is 2. The predicted octanol–water partition coefficient (Wildman–Crippen LogP) is 4.10. The Bertz CT molecular complexity index is 1090. The van der Waals surface area contributed by atoms with Crippen LogP contribution in [0.5, 0.6) is 5.88 Å². The second-order valence-corrected chi connectivity index (χ2v) is 13.3. The van der Waals surface area contributed by atoms with E-state index in [1.807, 2.05) is 47.6 Å². The molecule has 4 bridgehead atoms. The third kappa shape index (κ3) is 6.94. The van der Waals surface area contributed by atoms with Crippen molar-refractivity contribution in [1.82, 2.24) is 20.4 Å². The maximum atomic E-state index is 13.6. The fourth-order valence-corrected chi connectivity index (χ4v) is 6.84. The van der Waals surface area contributed by atoms with Crippen LogP contribution in [0.25, 0.3) is 6.20 Å². The topological polar surface area (TPSA) is 138 Å². The number of primary amides is 1. The number of hydrogen-bond acceptors (Lipinski definition) is 6. The van der Waals surface area contributed by atoms with E-state index < -0.39 is 17.2 Å². The molecule has 0 radical (unpaired) electrons. The summed E-state index contributed by atoms with van der Waals surface area (Å²) in [5, 5.41) is 10.7. The molecule has 4 saturated carbocycles. The van der Waals surface area contributed by atoms with E-state index in [-0.39, 0.29) is 41.5 Å². The number of ether oxygens (including phenoxy) is 2. The lowest BCUT2D eigenvalue weighted by Gasteiger charge is -2.58. The van der Waals surface area contributed by atoms with E-state index in [4.69, 9.17) is 15.2 Å². The molecule has 0 spiro atoms. The first-order valence-corrected chi connectivity index (χ1v) is 14.3. The van der Waals surface area contributed by atoms with Crippen LogP contribution in [0.1, 0.15) is 90.4 Å². The maximum absolute atomic E-state index is 13.6. The van der Waals surface area contributed by atoms with Crippen LogP contribution in [0, 0.1) is 29.6 Å². The van der Waals surface area contributed by atoms with Gasteiger partial charge in [-0.1, -0.05) is 27.7 Å². The molecule has 10 heteroatoms. The summed E-state index contributed by atoms with van der Waals surface area (Å²) in [6.45, 7) is 12.4. The van der Waals surface area contributed by atoms with Crippen LogP contribution in [-0.2, 0) is 9.53 Å². The molecule has 1 aromatic heterocycles. The summed E-state index contributed by atoms with van der Waals surface area (Å²) in [6, 6.07) is 0.00518. The Balaban J connectivity index is 1.49. The molecule has 0 saturated heterocycles. The van der Waals surface area contributed by atoms with Gasteiger partial charge in [0.15, 0.2) is 0 Å². The molecule has 2 unspecified atom stereocenters. The van der Waals surface area contributed by atoms with Gasteiger partial charge >= 0.3 is 6.09 Å². The van der Waals surface area contributed by atoms with E-state index in [0.29, 0.717) is 30.4 Å². The highest BCUT2D eigenvalue weighted by molar-refractivity contribution is 5.96. The van der Waals surface area contributed by atoms with Gasteiger partial charge in [-0.15, -0.1) is 0 Å². The molecular formula is C29H45N5O5. The Morgan fingerprint density at radius 2 is 1.82 bits per heavy atom. The minimum atomic E-state index is -0.715. The number of carbonyl (C=O) groups is 3. The molecule has 4 aliphatic carbocycles. The van der Waals surface area contributed by atoms with Crippen molar-refractivity contribution < 1.29 is 23.9 Å². The Morgan fingerprint density at radius 1 is 1.15 bits per heavy atom. The van der Waals surface area contributed by atoms with Gasteiger partial charge in [0.1, 0.15) is 11.2 Å². The van der Waals surface area contributed by atoms with Crippen molar-refractivity contribution in [3.05, 3.63) is 17.8 Å². The molecule has 3 amide bonds. The molecule has 1 heterocycles. The smallest absolute Gasteiger partial charge is 0.405 e. The first-order chi connectivity index (χ1) is 18.3. The normalized spacial score (nSPS) is 27.8. The van der Waals surface area contributed by atoms with Crippen LogP contribution >= 0.6 is 0 Å². The Morgan fingerprint density at radius 3 is 2.41 bits per heavy atom. The zero-order valence-electron chi connectivity index (χ0n) is 24.2. The van der Waals surface area contributed by atoms with Crippen molar-refractivity contribution in [3.63, 3.8) is 0 Å². The zero-order valence-corrected chi connectivity index (χ0v) is 24.2. The fourth-order valence-electron chi connectivity index (χ4n) is 6.84. The van der Waals surface area contributed by atoms with Crippen LogP contribution < -0.4 is 21.1 Å². The second kappa shape index (κ2) is 11.2. The quantitative estimate of drug-likeness (QED) is 0.384. The van der Waals surface area contributed by atoms with Crippen LogP contribution in [0.3, 0.4) is 0 Å². The maximum Gasteiger partial charge on any atom is 0.405 e. The predicted molar refractivity (Wildman–Crippen MR) is 148 cm³/mol. The van der Waals surface area contributed by atoms with Crippen molar-refractivity contribution in [2.75, 3.05) is 6.61 Å². The minimum absolute atomic E-state index is 0.00518. The Hall–Kier alpha value is -3.04. The summed E-state index contributed by atoms with van der Waals surface area (Å²) in [5.74, 6) is 1.64. The first kappa shape index (κ1) is 29.0. The van der Waals surface area contributed by atoms with E-state index >= 15 is 0 Å². The second-order valence-electron chi connectivity index (χ2n) is 13.3. The molecule has 10 nitrogen and oxygen atoms in total. The molecular weight excluding hydrogens is 498 g/mol. The average molecular weight is 544 g/mol. The van der Waals surface area contributed by atoms with E-state index in [9.17, 15) is 14.4 Å². The van der Waals surface area contributed by atoms with E-state index in [2.05, 4.69) is 15.7 Å². The number of nitrogens with two attached hydrogens (primary N) is 1. The Kier molecular flexibility index (Phi) is 8.33. The lowest BCUT2D eigenvalue weighted by molar-refractivity contribution is -0.137. The number of rotatable bonds is 11. The lowest BCUT2D eigenvalue weighted by Crippen LogP contribution is -2.63. The van der Waals surface area contributed by atoms with Gasteiger partial charge in [0.25, 0.3) is 5.91 Å². The van der Waals surface area contributed by atoms with Crippen LogP contribution in [0.15, 0.2) is 12.3 Å². The van der Waals surface area contributed by atoms with Crippen molar-refractivity contribution in [3.8, 4) is 5.88 Å². The third-order valence-electron chi connectivity index (χ3n) is 8.07. The number of hydrogen-bond donors (Lipinski definition) is 3. The monoisotopic (exact) mass is 543 g/mol. The molecule has 4 aliphatic rings. The number of nitrogens with zero attached hydrogens (tertiary/aromatic N) is 2. The summed E-state index contributed by atoms with van der Waals surface area (Å²) in [4.78, 5) is 37.5. The lowest BCUT2D eigenvalue weighted by atomic mass is 9.52. The zero-order chi connectivity index (χ0) is 28.5. The molecule has 216 valence electrons. The molecule has 39 heavy (non-hydrogen) atoms. The fraction of sp³-hybridized carbons (Fsp3) is 0.724. The molecule has 5 rings (SSSR count). The molecule has 0 aliphatic heterocycles. The summed E-state index contributed by atoms with van der Waals surface area (Å²) in [5.41, 5.74) is 4.67. The number of nitrogens with one attached hydrogen (secondary N) is 2. The van der Waals surface area contributed by atoms with E-state index in [1.165, 1.54) is 6.20 Å². The average Bonchev–Trinajstić information content (AvgIpc) is 3.19. The highest BCUT2D eigenvalue weighted by Crippen LogP contribution is 2.57. The van der Waals surface area contributed by atoms with Crippen molar-refractivity contribution in [2.24, 2.45) is 35.3 Å². The molecule has 4 fully saturated rings. The van der Waals surface area contributed by atoms with Gasteiger partial charge in [0.05, 0.1) is 18.3 Å². The number of amides is 3. The summed E-state index contributed by atoms with van der Waals surface area (Å²) in [6.07, 6.45) is 9.20. The standard InChI is InChI=1S/C29H45N5O5/c1-17(2)9-23(35)33-28(5,6)7-8-34-26(38-16-18(3)4)22(15-31-34)25(36)32-24-20-10-19-11-21(24)14-29(12-19,13-20)39-27(30)37/h7-8,15,17-21,24H,9-14,16H2,1-6H3,(H2,30,37)(H,32,36)(H,33,35). The van der Waals surface area contributed by atoms with Gasteiger partial charge < -0.3 is 25.8 Å². The van der Waals surface area contributed by atoms with Crippen LogP contribution in [-0.4, -0.2) is 51.5 Å². The van der Waals surface area contributed by atoms with Gasteiger partial charge in [-0.2, -0.15) is 5.10 Å². The third-order valence-corrected chi connectivity index (χ3v) is 8.07. The van der Waals surface area contributed by atoms with Crippen LogP contribution in [0.4, 0.5) is 4.79 Å². The van der Waals surface area contributed by atoms with Crippen LogP contribution in [0.2, 0.25) is 0 Å². The molecule has 4 N–H and O–H groups in total. The molecule has 1 aromatic rings. The van der Waals surface area contributed by atoms with Crippen molar-refractivity contribution in [1.29, 1.82) is 0 Å². The van der Waals surface area contributed by atoms with Gasteiger partial charge in [-0.3, -0.25) is 9.59 Å². The number of carbonyl (C=O) groups excluding carboxylic acids is 3. The summed E-state index contributed by atoms with van der Waals surface area (Å²) < 4.78 is 13.3. The van der Waals surface area contributed by atoms with Gasteiger partial charge in [-0.05, 0) is 81.6 Å². The largest absolute Gasteiger partial charge is 0.477 e. The molecule has 0 aromatic carbocycles. The van der Waals surface area contributed by atoms with Gasteiger partial charge in [0.2, 0.25) is 11.8 Å². The highest BCUT2D eigenvalue weighted by atomic mass is 16.6.